The summed E-state index contributed by atoms with van der Waals surface area (Å²) in [5, 5.41) is 8.07. The molecule has 19 heavy (non-hydrogen) atoms. The summed E-state index contributed by atoms with van der Waals surface area (Å²) < 4.78 is 0. The molecule has 1 aliphatic heterocycles. The lowest BCUT2D eigenvalue weighted by atomic mass is 10.1. The normalized spacial score (nSPS) is 19.3. The van der Waals surface area contributed by atoms with Gasteiger partial charge in [0.25, 0.3) is 0 Å². The number of nitrogens with one attached hydrogen (secondary N) is 1. The van der Waals surface area contributed by atoms with Gasteiger partial charge in [-0.05, 0) is 24.1 Å². The first-order chi connectivity index (χ1) is 9.26. The molecule has 0 radical (unpaired) electrons. The summed E-state index contributed by atoms with van der Waals surface area (Å²) in [6, 6.07) is 6.26. The van der Waals surface area contributed by atoms with E-state index in [9.17, 15) is 4.79 Å². The van der Waals surface area contributed by atoms with E-state index in [1.807, 2.05) is 23.2 Å². The van der Waals surface area contributed by atoms with Crippen molar-refractivity contribution >= 4 is 16.8 Å². The van der Waals surface area contributed by atoms with Gasteiger partial charge in [-0.1, -0.05) is 12.1 Å². The third-order valence-electron chi connectivity index (χ3n) is 3.75. The summed E-state index contributed by atoms with van der Waals surface area (Å²) in [6.45, 7) is 5.37. The van der Waals surface area contributed by atoms with Gasteiger partial charge in [-0.15, -0.1) is 6.58 Å². The highest BCUT2D eigenvalue weighted by molar-refractivity contribution is 5.79. The number of hydrogen-bond donors (Lipinski definition) is 1. The fourth-order valence-corrected chi connectivity index (χ4v) is 2.59. The lowest BCUT2D eigenvalue weighted by Crippen LogP contribution is -2.27. The van der Waals surface area contributed by atoms with Gasteiger partial charge in [-0.2, -0.15) is 5.10 Å². The molecule has 1 fully saturated rings. The van der Waals surface area contributed by atoms with Crippen LogP contribution >= 0.6 is 0 Å². The van der Waals surface area contributed by atoms with E-state index in [1.54, 1.807) is 0 Å². The minimum absolute atomic E-state index is 0.245. The second-order valence-electron chi connectivity index (χ2n) is 5.08. The molecule has 0 saturated carbocycles. The van der Waals surface area contributed by atoms with Crippen LogP contribution < -0.4 is 0 Å². The number of aromatic nitrogens is 2. The Kier molecular flexibility index (Phi) is 3.07. The molecule has 1 unspecified atom stereocenters. The van der Waals surface area contributed by atoms with Crippen LogP contribution in [-0.2, 0) is 11.2 Å². The standard InChI is InChI=1S/C15H17N3O/c1-2-11-8-15(19)18(10-11)6-5-12-3-4-14-13(7-12)9-16-17-14/h2-4,7,9,11H,1,5-6,8,10H2,(H,16,17). The summed E-state index contributed by atoms with van der Waals surface area (Å²) in [5.74, 6) is 0.568. The van der Waals surface area contributed by atoms with Crippen molar-refractivity contribution in [3.05, 3.63) is 42.6 Å². The number of fused-ring (bicyclic) bond motifs is 1. The van der Waals surface area contributed by atoms with Crippen molar-refractivity contribution < 1.29 is 4.79 Å². The number of aromatic amines is 1. The van der Waals surface area contributed by atoms with Crippen molar-refractivity contribution in [2.75, 3.05) is 13.1 Å². The molecular formula is C15H17N3O. The van der Waals surface area contributed by atoms with Gasteiger partial charge < -0.3 is 4.90 Å². The van der Waals surface area contributed by atoms with Gasteiger partial charge in [0.2, 0.25) is 5.91 Å². The lowest BCUT2D eigenvalue weighted by Gasteiger charge is -2.15. The summed E-state index contributed by atoms with van der Waals surface area (Å²) in [5.41, 5.74) is 2.29. The van der Waals surface area contributed by atoms with E-state index in [4.69, 9.17) is 0 Å². The van der Waals surface area contributed by atoms with Crippen molar-refractivity contribution in [2.45, 2.75) is 12.8 Å². The Balaban J connectivity index is 1.65. The number of amides is 1. The van der Waals surface area contributed by atoms with Crippen molar-refractivity contribution in [1.82, 2.24) is 15.1 Å². The van der Waals surface area contributed by atoms with Crippen LogP contribution in [0.5, 0.6) is 0 Å². The summed E-state index contributed by atoms with van der Waals surface area (Å²) >= 11 is 0. The number of nitrogens with zero attached hydrogens (tertiary/aromatic N) is 2. The van der Waals surface area contributed by atoms with Gasteiger partial charge in [0.05, 0.1) is 11.7 Å². The molecule has 4 heteroatoms. The Labute approximate surface area is 112 Å². The molecule has 2 aromatic rings. The largest absolute Gasteiger partial charge is 0.342 e. The SMILES string of the molecule is C=CC1CC(=O)N(CCc2ccc3[nH]ncc3c2)C1. The van der Waals surface area contributed by atoms with E-state index in [0.717, 1.165) is 30.4 Å². The summed E-state index contributed by atoms with van der Waals surface area (Å²) in [6.07, 6.45) is 5.21. The molecule has 0 aliphatic carbocycles. The van der Waals surface area contributed by atoms with E-state index in [1.165, 1.54) is 5.56 Å². The van der Waals surface area contributed by atoms with Gasteiger partial charge in [-0.25, -0.2) is 0 Å². The second kappa shape index (κ2) is 4.88. The van der Waals surface area contributed by atoms with Crippen molar-refractivity contribution in [1.29, 1.82) is 0 Å². The third-order valence-corrected chi connectivity index (χ3v) is 3.75. The minimum atomic E-state index is 0.245. The highest BCUT2D eigenvalue weighted by Crippen LogP contribution is 2.19. The Morgan fingerprint density at radius 1 is 1.53 bits per heavy atom. The fraction of sp³-hybridized carbons (Fsp3) is 0.333. The van der Waals surface area contributed by atoms with E-state index in [-0.39, 0.29) is 5.91 Å². The topological polar surface area (TPSA) is 49.0 Å². The fourth-order valence-electron chi connectivity index (χ4n) is 2.59. The first-order valence-corrected chi connectivity index (χ1v) is 6.58. The predicted octanol–water partition coefficient (Wildman–Crippen LogP) is 2.14. The van der Waals surface area contributed by atoms with Crippen LogP contribution in [-0.4, -0.2) is 34.1 Å². The van der Waals surface area contributed by atoms with Crippen LogP contribution in [0, 0.1) is 5.92 Å². The maximum Gasteiger partial charge on any atom is 0.223 e. The molecule has 0 bridgehead atoms. The average molecular weight is 255 g/mol. The van der Waals surface area contributed by atoms with Crippen LogP contribution in [0.25, 0.3) is 10.9 Å². The highest BCUT2D eigenvalue weighted by atomic mass is 16.2. The monoisotopic (exact) mass is 255 g/mol. The van der Waals surface area contributed by atoms with E-state index >= 15 is 0 Å². The van der Waals surface area contributed by atoms with Gasteiger partial charge >= 0.3 is 0 Å². The van der Waals surface area contributed by atoms with Crippen molar-refractivity contribution in [3.63, 3.8) is 0 Å². The quantitative estimate of drug-likeness (QED) is 0.851. The molecule has 3 rings (SSSR count). The van der Waals surface area contributed by atoms with E-state index < -0.39 is 0 Å². The molecule has 1 saturated heterocycles. The molecule has 1 N–H and O–H groups in total. The van der Waals surface area contributed by atoms with Crippen molar-refractivity contribution in [3.8, 4) is 0 Å². The zero-order chi connectivity index (χ0) is 13.2. The first-order valence-electron chi connectivity index (χ1n) is 6.58. The van der Waals surface area contributed by atoms with Crippen LogP contribution in [0.15, 0.2) is 37.1 Å². The number of likely N-dealkylation sites (tertiary alicyclic amines) is 1. The number of hydrogen-bond acceptors (Lipinski definition) is 2. The van der Waals surface area contributed by atoms with Crippen molar-refractivity contribution in [2.24, 2.45) is 5.92 Å². The number of benzene rings is 1. The van der Waals surface area contributed by atoms with Crippen LogP contribution in [0.2, 0.25) is 0 Å². The minimum Gasteiger partial charge on any atom is -0.342 e. The summed E-state index contributed by atoms with van der Waals surface area (Å²) in [7, 11) is 0. The Morgan fingerprint density at radius 3 is 3.21 bits per heavy atom. The average Bonchev–Trinajstić information content (AvgIpc) is 3.02. The first kappa shape index (κ1) is 12.0. The number of rotatable bonds is 4. The second-order valence-corrected chi connectivity index (χ2v) is 5.08. The Morgan fingerprint density at radius 2 is 2.42 bits per heavy atom. The zero-order valence-corrected chi connectivity index (χ0v) is 10.8. The third kappa shape index (κ3) is 2.38. The number of carbonyl (C=O) groups excluding carboxylic acids is 1. The van der Waals surface area contributed by atoms with Crippen LogP contribution in [0.1, 0.15) is 12.0 Å². The molecule has 1 atom stereocenters. The number of carbonyl (C=O) groups is 1. The molecule has 1 aromatic heterocycles. The molecule has 2 heterocycles. The lowest BCUT2D eigenvalue weighted by molar-refractivity contribution is -0.127. The van der Waals surface area contributed by atoms with Gasteiger partial charge in [0.15, 0.2) is 0 Å². The molecule has 1 aliphatic rings. The summed E-state index contributed by atoms with van der Waals surface area (Å²) in [4.78, 5) is 13.7. The smallest absolute Gasteiger partial charge is 0.223 e. The van der Waals surface area contributed by atoms with Gasteiger partial charge in [0, 0.05) is 30.8 Å². The highest BCUT2D eigenvalue weighted by Gasteiger charge is 2.26. The van der Waals surface area contributed by atoms with Crippen LogP contribution in [0.4, 0.5) is 0 Å². The van der Waals surface area contributed by atoms with Crippen LogP contribution in [0.3, 0.4) is 0 Å². The molecular weight excluding hydrogens is 238 g/mol. The molecule has 0 spiro atoms. The van der Waals surface area contributed by atoms with Gasteiger partial charge in [-0.3, -0.25) is 9.89 Å². The number of H-pyrrole nitrogens is 1. The Bertz CT molecular complexity index is 617. The predicted molar refractivity (Wildman–Crippen MR) is 74.7 cm³/mol. The van der Waals surface area contributed by atoms with E-state index in [0.29, 0.717) is 12.3 Å². The molecule has 4 nitrogen and oxygen atoms in total. The zero-order valence-electron chi connectivity index (χ0n) is 10.8. The molecule has 1 amide bonds. The molecule has 1 aromatic carbocycles. The Hall–Kier alpha value is -2.10. The molecule has 98 valence electrons. The maximum atomic E-state index is 11.8. The van der Waals surface area contributed by atoms with Gasteiger partial charge in [0.1, 0.15) is 0 Å². The maximum absolute atomic E-state index is 11.8. The van der Waals surface area contributed by atoms with E-state index in [2.05, 4.69) is 28.9 Å².